The molecule has 0 aliphatic heterocycles. The topological polar surface area (TPSA) is 60.9 Å². The minimum atomic E-state index is 0.00731. The van der Waals surface area contributed by atoms with Gasteiger partial charge in [-0.25, -0.2) is 4.98 Å². The number of hydrogen-bond donors (Lipinski definition) is 1. The number of benzene rings is 1. The first-order valence-electron chi connectivity index (χ1n) is 5.46. The normalized spacial score (nSPS) is 10.9. The molecular weight excluding hydrogens is 202 g/mol. The van der Waals surface area contributed by atoms with Gasteiger partial charge in [-0.15, -0.1) is 0 Å². The third-order valence-electron chi connectivity index (χ3n) is 2.61. The largest absolute Gasteiger partial charge is 0.329 e. The van der Waals surface area contributed by atoms with Crippen LogP contribution in [0.4, 0.5) is 0 Å². The molecule has 0 saturated carbocycles. The fraction of sp³-hybridized carbons (Fsp3) is 0.333. The maximum Gasteiger partial charge on any atom is 0.261 e. The van der Waals surface area contributed by atoms with Crippen molar-refractivity contribution in [3.05, 3.63) is 40.4 Å². The van der Waals surface area contributed by atoms with E-state index in [1.54, 1.807) is 10.6 Å². The molecule has 1 aromatic carbocycles. The Hall–Kier alpha value is -1.68. The van der Waals surface area contributed by atoms with Gasteiger partial charge in [0.05, 0.1) is 10.9 Å². The van der Waals surface area contributed by atoms with Gasteiger partial charge in [-0.3, -0.25) is 9.36 Å². The van der Waals surface area contributed by atoms with Gasteiger partial charge in [0.2, 0.25) is 0 Å². The molecule has 0 fully saturated rings. The third-order valence-corrected chi connectivity index (χ3v) is 2.61. The average molecular weight is 217 g/mol. The lowest BCUT2D eigenvalue weighted by molar-refractivity contribution is 0.631. The van der Waals surface area contributed by atoms with E-state index in [1.165, 1.54) is 0 Å². The molecule has 2 N–H and O–H groups in total. The smallest absolute Gasteiger partial charge is 0.261 e. The van der Waals surface area contributed by atoms with E-state index in [0.29, 0.717) is 18.5 Å². The number of para-hydroxylation sites is 1. The van der Waals surface area contributed by atoms with Crippen LogP contribution >= 0.6 is 0 Å². The highest BCUT2D eigenvalue weighted by Gasteiger charge is 2.07. The molecule has 1 aromatic heterocycles. The number of aromatic nitrogens is 2. The number of nitrogens with zero attached hydrogens (tertiary/aromatic N) is 2. The lowest BCUT2D eigenvalue weighted by Gasteiger charge is -2.10. The second-order valence-corrected chi connectivity index (χ2v) is 3.64. The molecule has 0 atom stereocenters. The van der Waals surface area contributed by atoms with Crippen molar-refractivity contribution in [1.82, 2.24) is 9.55 Å². The van der Waals surface area contributed by atoms with Crippen LogP contribution in [0.25, 0.3) is 10.9 Å². The Kier molecular flexibility index (Phi) is 3.01. The number of hydrogen-bond acceptors (Lipinski definition) is 3. The zero-order valence-corrected chi connectivity index (χ0v) is 9.31. The summed E-state index contributed by atoms with van der Waals surface area (Å²) in [6, 6.07) is 7.41. The van der Waals surface area contributed by atoms with Crippen molar-refractivity contribution in [3.63, 3.8) is 0 Å². The maximum atomic E-state index is 12.2. The first-order chi connectivity index (χ1) is 7.77. The number of rotatable bonds is 3. The van der Waals surface area contributed by atoms with Crippen LogP contribution in [-0.4, -0.2) is 16.1 Å². The van der Waals surface area contributed by atoms with Crippen LogP contribution in [0.5, 0.6) is 0 Å². The summed E-state index contributed by atoms with van der Waals surface area (Å²) >= 11 is 0. The summed E-state index contributed by atoms with van der Waals surface area (Å²) < 4.78 is 1.67. The minimum Gasteiger partial charge on any atom is -0.329 e. The average Bonchev–Trinajstić information content (AvgIpc) is 2.33. The highest BCUT2D eigenvalue weighted by molar-refractivity contribution is 5.77. The first kappa shape index (κ1) is 10.8. The Morgan fingerprint density at radius 1 is 1.38 bits per heavy atom. The Labute approximate surface area is 93.7 Å². The molecule has 4 heteroatoms. The summed E-state index contributed by atoms with van der Waals surface area (Å²) in [6.07, 6.45) is 0.736. The van der Waals surface area contributed by atoms with E-state index >= 15 is 0 Å². The molecule has 2 aromatic rings. The molecule has 0 bridgehead atoms. The second kappa shape index (κ2) is 4.45. The van der Waals surface area contributed by atoms with Gasteiger partial charge in [-0.05, 0) is 12.1 Å². The van der Waals surface area contributed by atoms with Crippen molar-refractivity contribution in [2.24, 2.45) is 5.73 Å². The SMILES string of the molecule is CCc1nc2ccccc2c(=O)n1CCN. The van der Waals surface area contributed by atoms with E-state index in [2.05, 4.69) is 4.98 Å². The van der Waals surface area contributed by atoms with Gasteiger partial charge >= 0.3 is 0 Å². The molecular formula is C12H15N3O. The van der Waals surface area contributed by atoms with E-state index in [1.807, 2.05) is 25.1 Å². The Balaban J connectivity index is 2.77. The quantitative estimate of drug-likeness (QED) is 0.831. The number of aryl methyl sites for hydroxylation is 1. The van der Waals surface area contributed by atoms with Gasteiger partial charge in [0.25, 0.3) is 5.56 Å². The summed E-state index contributed by atoms with van der Waals surface area (Å²) in [7, 11) is 0. The minimum absolute atomic E-state index is 0.00731. The molecule has 0 unspecified atom stereocenters. The molecule has 0 saturated heterocycles. The van der Waals surface area contributed by atoms with Crippen molar-refractivity contribution in [2.45, 2.75) is 19.9 Å². The van der Waals surface area contributed by atoms with Crippen molar-refractivity contribution in [1.29, 1.82) is 0 Å². The second-order valence-electron chi connectivity index (χ2n) is 3.64. The van der Waals surface area contributed by atoms with Crippen LogP contribution in [0, 0.1) is 0 Å². The molecule has 2 rings (SSSR count). The van der Waals surface area contributed by atoms with Gasteiger partial charge < -0.3 is 5.73 Å². The predicted molar refractivity (Wildman–Crippen MR) is 64.4 cm³/mol. The van der Waals surface area contributed by atoms with Crippen LogP contribution in [-0.2, 0) is 13.0 Å². The van der Waals surface area contributed by atoms with Crippen LogP contribution in [0.15, 0.2) is 29.1 Å². The van der Waals surface area contributed by atoms with Gasteiger partial charge in [-0.2, -0.15) is 0 Å². The van der Waals surface area contributed by atoms with Crippen LogP contribution in [0.1, 0.15) is 12.7 Å². The van der Waals surface area contributed by atoms with Gasteiger partial charge in [0.15, 0.2) is 0 Å². The van der Waals surface area contributed by atoms with Crippen molar-refractivity contribution in [3.8, 4) is 0 Å². The molecule has 4 nitrogen and oxygen atoms in total. The Morgan fingerprint density at radius 2 is 2.12 bits per heavy atom. The highest BCUT2D eigenvalue weighted by Crippen LogP contribution is 2.07. The van der Waals surface area contributed by atoms with Gasteiger partial charge in [0, 0.05) is 19.5 Å². The summed E-state index contributed by atoms with van der Waals surface area (Å²) in [6.45, 7) is 2.97. The van der Waals surface area contributed by atoms with E-state index < -0.39 is 0 Å². The summed E-state index contributed by atoms with van der Waals surface area (Å²) in [5, 5.41) is 0.660. The summed E-state index contributed by atoms with van der Waals surface area (Å²) in [5.41, 5.74) is 6.28. The van der Waals surface area contributed by atoms with Crippen LogP contribution in [0.2, 0.25) is 0 Å². The number of nitrogens with two attached hydrogens (primary N) is 1. The van der Waals surface area contributed by atoms with Crippen molar-refractivity contribution >= 4 is 10.9 Å². The zero-order valence-electron chi connectivity index (χ0n) is 9.31. The number of fused-ring (bicyclic) bond motifs is 1. The predicted octanol–water partition coefficient (Wildman–Crippen LogP) is 0.918. The first-order valence-corrected chi connectivity index (χ1v) is 5.46. The van der Waals surface area contributed by atoms with Crippen molar-refractivity contribution in [2.75, 3.05) is 6.54 Å². The maximum absolute atomic E-state index is 12.2. The molecule has 1 heterocycles. The molecule has 0 aliphatic rings. The molecule has 0 radical (unpaired) electrons. The van der Waals surface area contributed by atoms with Gasteiger partial charge in [0.1, 0.15) is 5.82 Å². The molecule has 0 spiro atoms. The Bertz CT molecular complexity index is 560. The zero-order chi connectivity index (χ0) is 11.5. The molecule has 16 heavy (non-hydrogen) atoms. The standard InChI is InChI=1S/C12H15N3O/c1-2-11-14-10-6-4-3-5-9(10)12(16)15(11)8-7-13/h3-6H,2,7-8,13H2,1H3. The van der Waals surface area contributed by atoms with Crippen molar-refractivity contribution < 1.29 is 0 Å². The fourth-order valence-corrected chi connectivity index (χ4v) is 1.84. The van der Waals surface area contributed by atoms with Gasteiger partial charge in [-0.1, -0.05) is 19.1 Å². The molecule has 84 valence electrons. The van der Waals surface area contributed by atoms with Crippen LogP contribution < -0.4 is 11.3 Å². The van der Waals surface area contributed by atoms with E-state index in [0.717, 1.165) is 17.8 Å². The lowest BCUT2D eigenvalue weighted by atomic mass is 10.2. The third kappa shape index (κ3) is 1.72. The Morgan fingerprint density at radius 3 is 2.81 bits per heavy atom. The van der Waals surface area contributed by atoms with E-state index in [-0.39, 0.29) is 5.56 Å². The van der Waals surface area contributed by atoms with E-state index in [4.69, 9.17) is 5.73 Å². The highest BCUT2D eigenvalue weighted by atomic mass is 16.1. The molecule has 0 amide bonds. The monoisotopic (exact) mass is 217 g/mol. The molecule has 0 aliphatic carbocycles. The lowest BCUT2D eigenvalue weighted by Crippen LogP contribution is -2.28. The fourth-order valence-electron chi connectivity index (χ4n) is 1.84. The summed E-state index contributed by atoms with van der Waals surface area (Å²) in [4.78, 5) is 16.6. The van der Waals surface area contributed by atoms with E-state index in [9.17, 15) is 4.79 Å². The summed E-state index contributed by atoms with van der Waals surface area (Å²) in [5.74, 6) is 0.800. The van der Waals surface area contributed by atoms with Crippen LogP contribution in [0.3, 0.4) is 0 Å².